The number of methoxy groups -OCH3 is 1. The number of aromatic nitrogens is 2. The Kier molecular flexibility index (Phi) is 4.94. The van der Waals surface area contributed by atoms with Crippen LogP contribution in [0.3, 0.4) is 0 Å². The van der Waals surface area contributed by atoms with Crippen LogP contribution in [-0.2, 0) is 23.0 Å². The van der Waals surface area contributed by atoms with Crippen LogP contribution in [0.5, 0.6) is 5.75 Å². The Morgan fingerprint density at radius 1 is 1.43 bits per heavy atom. The maximum absolute atomic E-state index is 12.4. The third-order valence-corrected chi connectivity index (χ3v) is 4.48. The van der Waals surface area contributed by atoms with Crippen LogP contribution in [0.25, 0.3) is 0 Å². The molecule has 0 amide bonds. The van der Waals surface area contributed by atoms with Crippen molar-refractivity contribution in [2.45, 2.75) is 17.9 Å². The molecule has 21 heavy (non-hydrogen) atoms. The molecule has 0 atom stereocenters. The van der Waals surface area contributed by atoms with Gasteiger partial charge in [0.25, 0.3) is 0 Å². The lowest BCUT2D eigenvalue weighted by molar-refractivity contribution is 0.402. The number of sulfonamides is 1. The van der Waals surface area contributed by atoms with Crippen LogP contribution < -0.4 is 15.2 Å². The molecular formula is C13H18N4O3S. The van der Waals surface area contributed by atoms with Crippen molar-refractivity contribution in [3.63, 3.8) is 0 Å². The quantitative estimate of drug-likeness (QED) is 0.685. The predicted octanol–water partition coefficient (Wildman–Crippen LogP) is 0.398. The Bertz CT molecular complexity index is 683. The highest BCUT2D eigenvalue weighted by atomic mass is 32.2. The molecule has 0 bridgehead atoms. The summed E-state index contributed by atoms with van der Waals surface area (Å²) in [4.78, 5) is 6.89. The van der Waals surface area contributed by atoms with E-state index in [4.69, 9.17) is 10.5 Å². The van der Waals surface area contributed by atoms with Gasteiger partial charge in [-0.15, -0.1) is 0 Å². The van der Waals surface area contributed by atoms with Gasteiger partial charge in [-0.2, -0.15) is 0 Å². The van der Waals surface area contributed by atoms with Gasteiger partial charge in [-0.1, -0.05) is 6.07 Å². The summed E-state index contributed by atoms with van der Waals surface area (Å²) in [6.45, 7) is 0.529. The first-order valence-electron chi connectivity index (χ1n) is 6.40. The normalized spacial score (nSPS) is 11.5. The molecule has 1 heterocycles. The largest absolute Gasteiger partial charge is 0.495 e. The molecule has 114 valence electrons. The first-order valence-corrected chi connectivity index (χ1v) is 7.89. The first-order chi connectivity index (χ1) is 10.1. The monoisotopic (exact) mass is 310 g/mol. The summed E-state index contributed by atoms with van der Waals surface area (Å²) in [5, 5.41) is 0. The number of hydrogen-bond donors (Lipinski definition) is 3. The van der Waals surface area contributed by atoms with E-state index in [0.29, 0.717) is 12.2 Å². The Balaban J connectivity index is 2.14. The summed E-state index contributed by atoms with van der Waals surface area (Å²) >= 11 is 0. The van der Waals surface area contributed by atoms with Gasteiger partial charge in [-0.05, 0) is 17.7 Å². The van der Waals surface area contributed by atoms with Crippen molar-refractivity contribution in [1.82, 2.24) is 14.7 Å². The molecule has 0 saturated carbocycles. The van der Waals surface area contributed by atoms with Crippen molar-refractivity contribution in [1.29, 1.82) is 0 Å². The molecule has 0 unspecified atom stereocenters. The Morgan fingerprint density at radius 2 is 2.24 bits per heavy atom. The maximum atomic E-state index is 12.4. The molecule has 0 spiro atoms. The zero-order valence-corrected chi connectivity index (χ0v) is 12.5. The van der Waals surface area contributed by atoms with E-state index in [1.54, 1.807) is 24.7 Å². The van der Waals surface area contributed by atoms with E-state index in [2.05, 4.69) is 14.7 Å². The molecule has 2 rings (SSSR count). The van der Waals surface area contributed by atoms with Crippen LogP contribution in [0.4, 0.5) is 0 Å². The number of hydrogen-bond acceptors (Lipinski definition) is 5. The molecule has 0 aliphatic carbocycles. The van der Waals surface area contributed by atoms with Crippen LogP contribution in [0.1, 0.15) is 11.3 Å². The summed E-state index contributed by atoms with van der Waals surface area (Å²) in [7, 11) is -2.22. The SMILES string of the molecule is COc1ccc(CN)cc1S(=O)(=O)NCCc1cnc[nH]1. The number of imidazole rings is 1. The highest BCUT2D eigenvalue weighted by molar-refractivity contribution is 7.89. The summed E-state index contributed by atoms with van der Waals surface area (Å²) < 4.78 is 32.4. The van der Waals surface area contributed by atoms with E-state index in [1.807, 2.05) is 0 Å². The summed E-state index contributed by atoms with van der Waals surface area (Å²) in [5.74, 6) is 0.293. The number of nitrogens with zero attached hydrogens (tertiary/aromatic N) is 1. The molecule has 2 aromatic rings. The minimum Gasteiger partial charge on any atom is -0.495 e. The molecule has 0 fully saturated rings. The topological polar surface area (TPSA) is 110 Å². The van der Waals surface area contributed by atoms with Crippen molar-refractivity contribution in [3.05, 3.63) is 42.0 Å². The van der Waals surface area contributed by atoms with Gasteiger partial charge in [0.15, 0.2) is 0 Å². The van der Waals surface area contributed by atoms with E-state index in [0.717, 1.165) is 11.3 Å². The minimum atomic E-state index is -3.65. The second-order valence-electron chi connectivity index (χ2n) is 4.41. The van der Waals surface area contributed by atoms with E-state index >= 15 is 0 Å². The van der Waals surface area contributed by atoms with E-state index in [1.165, 1.54) is 13.2 Å². The van der Waals surface area contributed by atoms with E-state index in [9.17, 15) is 8.42 Å². The molecule has 0 radical (unpaired) electrons. The highest BCUT2D eigenvalue weighted by Gasteiger charge is 2.19. The smallest absolute Gasteiger partial charge is 0.244 e. The van der Waals surface area contributed by atoms with Crippen LogP contribution in [0, 0.1) is 0 Å². The van der Waals surface area contributed by atoms with Gasteiger partial charge in [0.1, 0.15) is 10.6 Å². The molecule has 4 N–H and O–H groups in total. The molecule has 1 aromatic carbocycles. The van der Waals surface area contributed by atoms with Gasteiger partial charge in [0.05, 0.1) is 13.4 Å². The fourth-order valence-corrected chi connectivity index (χ4v) is 3.13. The van der Waals surface area contributed by atoms with Crippen molar-refractivity contribution >= 4 is 10.0 Å². The van der Waals surface area contributed by atoms with Crippen molar-refractivity contribution in [2.75, 3.05) is 13.7 Å². The maximum Gasteiger partial charge on any atom is 0.244 e. The van der Waals surface area contributed by atoms with Gasteiger partial charge in [-0.25, -0.2) is 18.1 Å². The Labute approximate surface area is 123 Å². The van der Waals surface area contributed by atoms with Gasteiger partial charge >= 0.3 is 0 Å². The number of aromatic amines is 1. The summed E-state index contributed by atoms with van der Waals surface area (Å²) in [6, 6.07) is 4.87. The number of nitrogens with two attached hydrogens (primary N) is 1. The molecule has 0 aliphatic rings. The molecule has 7 nitrogen and oxygen atoms in total. The molecule has 8 heteroatoms. The van der Waals surface area contributed by atoms with Crippen LogP contribution in [0.2, 0.25) is 0 Å². The standard InChI is InChI=1S/C13H18N4O3S/c1-20-12-3-2-10(7-14)6-13(12)21(18,19)17-5-4-11-8-15-9-16-11/h2-3,6,8-9,17H,4-5,7,14H2,1H3,(H,15,16). The Morgan fingerprint density at radius 3 is 2.86 bits per heavy atom. The van der Waals surface area contributed by atoms with Crippen molar-refractivity contribution < 1.29 is 13.2 Å². The Hall–Kier alpha value is -1.90. The summed E-state index contributed by atoms with van der Waals surface area (Å²) in [6.07, 6.45) is 3.74. The zero-order valence-electron chi connectivity index (χ0n) is 11.7. The fourth-order valence-electron chi connectivity index (χ4n) is 1.88. The molecule has 0 aliphatic heterocycles. The average Bonchev–Trinajstić information content (AvgIpc) is 2.99. The lowest BCUT2D eigenvalue weighted by atomic mass is 10.2. The molecular weight excluding hydrogens is 292 g/mol. The van der Waals surface area contributed by atoms with Crippen molar-refractivity contribution in [3.8, 4) is 5.75 Å². The molecule has 1 aromatic heterocycles. The van der Waals surface area contributed by atoms with Crippen molar-refractivity contribution in [2.24, 2.45) is 5.73 Å². The number of nitrogens with one attached hydrogen (secondary N) is 2. The van der Waals surface area contributed by atoms with Crippen LogP contribution in [0.15, 0.2) is 35.6 Å². The fraction of sp³-hybridized carbons (Fsp3) is 0.308. The number of rotatable bonds is 7. The van der Waals surface area contributed by atoms with Gasteiger partial charge in [0, 0.05) is 31.4 Å². The highest BCUT2D eigenvalue weighted by Crippen LogP contribution is 2.24. The summed E-state index contributed by atoms with van der Waals surface area (Å²) in [5.41, 5.74) is 7.14. The third kappa shape index (κ3) is 3.81. The van der Waals surface area contributed by atoms with E-state index in [-0.39, 0.29) is 18.0 Å². The second kappa shape index (κ2) is 6.70. The van der Waals surface area contributed by atoms with E-state index < -0.39 is 10.0 Å². The lowest BCUT2D eigenvalue weighted by Crippen LogP contribution is -2.26. The van der Waals surface area contributed by atoms with Gasteiger partial charge < -0.3 is 15.5 Å². The van der Waals surface area contributed by atoms with Gasteiger partial charge in [-0.3, -0.25) is 0 Å². The third-order valence-electron chi connectivity index (χ3n) is 2.99. The van der Waals surface area contributed by atoms with Crippen LogP contribution >= 0.6 is 0 Å². The second-order valence-corrected chi connectivity index (χ2v) is 6.15. The van der Waals surface area contributed by atoms with Gasteiger partial charge in [0.2, 0.25) is 10.0 Å². The average molecular weight is 310 g/mol. The predicted molar refractivity (Wildman–Crippen MR) is 78.4 cm³/mol. The number of benzene rings is 1. The number of H-pyrrole nitrogens is 1. The number of ether oxygens (including phenoxy) is 1. The first kappa shape index (κ1) is 15.5. The van der Waals surface area contributed by atoms with Crippen LogP contribution in [-0.4, -0.2) is 32.0 Å². The molecule has 0 saturated heterocycles. The minimum absolute atomic E-state index is 0.0950. The zero-order chi connectivity index (χ0) is 15.3. The lowest BCUT2D eigenvalue weighted by Gasteiger charge is -2.11.